The number of esters is 1. The summed E-state index contributed by atoms with van der Waals surface area (Å²) in [6.07, 6.45) is 4.84. The fourth-order valence-corrected chi connectivity index (χ4v) is 8.62. The molecule has 1 aromatic heterocycles. The molecule has 2 N–H and O–H groups in total. The lowest BCUT2D eigenvalue weighted by Crippen LogP contribution is -2.50. The monoisotopic (exact) mass is 809 g/mol. The number of carbonyl (C=O) groups excluding carboxylic acids is 3. The van der Waals surface area contributed by atoms with E-state index in [0.29, 0.717) is 60.7 Å². The molecule has 3 aliphatic rings. The number of methoxy groups -OCH3 is 2. The van der Waals surface area contributed by atoms with Crippen molar-refractivity contribution < 1.29 is 33.3 Å². The van der Waals surface area contributed by atoms with Crippen molar-refractivity contribution in [1.29, 1.82) is 10.8 Å². The molecule has 0 radical (unpaired) electrons. The predicted octanol–water partition coefficient (Wildman–Crippen LogP) is 6.28. The minimum absolute atomic E-state index is 0.00648. The van der Waals surface area contributed by atoms with Crippen LogP contribution in [0.25, 0.3) is 0 Å². The molecule has 4 aromatic rings. The van der Waals surface area contributed by atoms with Crippen LogP contribution in [-0.4, -0.2) is 71.9 Å². The fourth-order valence-electron chi connectivity index (χ4n) is 8.07. The molecule has 3 atom stereocenters. The Morgan fingerprint density at radius 1 is 0.927 bits per heavy atom. The zero-order valence-corrected chi connectivity index (χ0v) is 32.5. The van der Waals surface area contributed by atoms with Gasteiger partial charge in [0.2, 0.25) is 5.91 Å². The van der Waals surface area contributed by atoms with Crippen molar-refractivity contribution in [3.63, 3.8) is 0 Å². The van der Waals surface area contributed by atoms with Gasteiger partial charge in [-0.3, -0.25) is 29.8 Å². The SMILES string of the molecule is COc1ccc(COC(=O)C2CCCCC2C(=O)N2CCc3c(Br)ccc(OCC(=N)n4ccccc4=N)c3C2CN2Cc3ccccc3C2=O)c(OC)c1. The largest absolute Gasteiger partial charge is 0.497 e. The van der Waals surface area contributed by atoms with Gasteiger partial charge in [-0.05, 0) is 72.9 Å². The summed E-state index contributed by atoms with van der Waals surface area (Å²) >= 11 is 3.75. The van der Waals surface area contributed by atoms with E-state index in [0.717, 1.165) is 34.0 Å². The number of halogens is 1. The van der Waals surface area contributed by atoms with E-state index in [-0.39, 0.29) is 42.9 Å². The van der Waals surface area contributed by atoms with Crippen LogP contribution in [-0.2, 0) is 33.9 Å². The molecule has 286 valence electrons. The highest BCUT2D eigenvalue weighted by Gasteiger charge is 2.44. The number of amides is 2. The van der Waals surface area contributed by atoms with Crippen LogP contribution in [0.15, 0.2) is 83.5 Å². The number of hydrogen-bond acceptors (Lipinski definition) is 9. The molecule has 0 saturated heterocycles. The molecule has 12 nitrogen and oxygen atoms in total. The van der Waals surface area contributed by atoms with Gasteiger partial charge >= 0.3 is 5.97 Å². The summed E-state index contributed by atoms with van der Waals surface area (Å²) in [5.41, 5.74) is 4.13. The van der Waals surface area contributed by atoms with Crippen LogP contribution in [0.5, 0.6) is 17.2 Å². The summed E-state index contributed by atoms with van der Waals surface area (Å²) in [7, 11) is 3.12. The van der Waals surface area contributed by atoms with E-state index >= 15 is 0 Å². The first-order valence-corrected chi connectivity index (χ1v) is 19.3. The highest BCUT2D eigenvalue weighted by atomic mass is 79.9. The lowest BCUT2D eigenvalue weighted by molar-refractivity contribution is -0.159. The maximum Gasteiger partial charge on any atom is 0.310 e. The van der Waals surface area contributed by atoms with Gasteiger partial charge < -0.3 is 28.7 Å². The quantitative estimate of drug-likeness (QED) is 0.103. The van der Waals surface area contributed by atoms with Crippen LogP contribution in [0.1, 0.15) is 64.3 Å². The Balaban J connectivity index is 1.19. The first-order valence-electron chi connectivity index (χ1n) is 18.5. The standard InChI is InChI=1S/C42H44BrN5O7/c1-52-28-15-14-27(36(21-28)53-2)24-55-42(51)31-12-6-5-11-30(31)41(50)47-20-18-32-33(43)16-17-35(54-25-38(45)48-19-8-7-13-37(48)44)39(32)34(47)23-46-22-26-9-3-4-10-29(26)40(46)49/h3-4,7-10,13-17,19,21,30-31,34,44-45H,5-6,11-12,18,20,22-25H2,1-2H3. The first-order chi connectivity index (χ1) is 26.7. The number of fused-ring (bicyclic) bond motifs is 2. The Kier molecular flexibility index (Phi) is 11.4. The average molecular weight is 811 g/mol. The predicted molar refractivity (Wildman–Crippen MR) is 207 cm³/mol. The van der Waals surface area contributed by atoms with Gasteiger partial charge in [0.05, 0.1) is 32.1 Å². The van der Waals surface area contributed by atoms with Gasteiger partial charge in [-0.1, -0.05) is 53.0 Å². The summed E-state index contributed by atoms with van der Waals surface area (Å²) in [5, 5.41) is 17.0. The Labute approximate surface area is 328 Å². The number of ether oxygens (including phenoxy) is 4. The lowest BCUT2D eigenvalue weighted by atomic mass is 9.77. The molecule has 1 aliphatic carbocycles. The second-order valence-electron chi connectivity index (χ2n) is 14.1. The molecule has 2 amide bonds. The highest BCUT2D eigenvalue weighted by Crippen LogP contribution is 2.44. The van der Waals surface area contributed by atoms with E-state index in [1.165, 1.54) is 4.57 Å². The minimum atomic E-state index is -0.633. The Hall–Kier alpha value is -5.43. The number of aromatic nitrogens is 1. The lowest BCUT2D eigenvalue weighted by Gasteiger charge is -2.43. The third-order valence-corrected chi connectivity index (χ3v) is 11.7. The Morgan fingerprint density at radius 2 is 1.71 bits per heavy atom. The van der Waals surface area contributed by atoms with E-state index in [4.69, 9.17) is 29.8 Å². The van der Waals surface area contributed by atoms with Gasteiger partial charge in [0.25, 0.3) is 5.91 Å². The maximum absolute atomic E-state index is 15.0. The molecule has 3 heterocycles. The van der Waals surface area contributed by atoms with Crippen molar-refractivity contribution in [2.24, 2.45) is 11.8 Å². The van der Waals surface area contributed by atoms with Crippen LogP contribution in [0, 0.1) is 22.7 Å². The Bertz CT molecular complexity index is 2190. The van der Waals surface area contributed by atoms with Crippen molar-refractivity contribution in [3.05, 3.63) is 117 Å². The van der Waals surface area contributed by atoms with Crippen LogP contribution >= 0.6 is 15.9 Å². The van der Waals surface area contributed by atoms with Crippen molar-refractivity contribution in [1.82, 2.24) is 14.4 Å². The van der Waals surface area contributed by atoms with Crippen molar-refractivity contribution in [3.8, 4) is 17.2 Å². The number of hydrogen-bond donors (Lipinski definition) is 2. The van der Waals surface area contributed by atoms with E-state index < -0.39 is 23.8 Å². The molecular formula is C42H44BrN5O7. The van der Waals surface area contributed by atoms with Gasteiger partial charge in [-0.25, -0.2) is 0 Å². The van der Waals surface area contributed by atoms with Crippen molar-refractivity contribution in [2.75, 3.05) is 33.9 Å². The van der Waals surface area contributed by atoms with E-state index in [9.17, 15) is 14.4 Å². The normalized spacial score (nSPS) is 19.0. The van der Waals surface area contributed by atoms with Crippen molar-refractivity contribution in [2.45, 2.75) is 51.3 Å². The van der Waals surface area contributed by atoms with Gasteiger partial charge in [0, 0.05) is 53.1 Å². The van der Waals surface area contributed by atoms with E-state index in [2.05, 4.69) is 15.9 Å². The Morgan fingerprint density at radius 3 is 2.47 bits per heavy atom. The summed E-state index contributed by atoms with van der Waals surface area (Å²) < 4.78 is 25.4. The molecule has 1 saturated carbocycles. The summed E-state index contributed by atoms with van der Waals surface area (Å²) in [4.78, 5) is 46.2. The molecule has 7 rings (SSSR count). The zero-order valence-electron chi connectivity index (χ0n) is 30.9. The molecule has 13 heteroatoms. The molecule has 3 aromatic carbocycles. The number of benzene rings is 3. The molecular weight excluding hydrogens is 766 g/mol. The third kappa shape index (κ3) is 7.75. The third-order valence-electron chi connectivity index (χ3n) is 10.9. The van der Waals surface area contributed by atoms with Crippen LogP contribution in [0.2, 0.25) is 0 Å². The van der Waals surface area contributed by atoms with E-state index in [1.807, 2.05) is 41.3 Å². The molecule has 3 unspecified atom stereocenters. The summed E-state index contributed by atoms with van der Waals surface area (Å²) in [5.74, 6) is -0.194. The first kappa shape index (κ1) is 37.9. The fraction of sp³-hybridized carbons (Fsp3) is 0.357. The maximum atomic E-state index is 15.0. The summed E-state index contributed by atoms with van der Waals surface area (Å²) in [6, 6.07) is 21.1. The minimum Gasteiger partial charge on any atom is -0.497 e. The van der Waals surface area contributed by atoms with Gasteiger partial charge in [-0.15, -0.1) is 0 Å². The van der Waals surface area contributed by atoms with Crippen molar-refractivity contribution >= 4 is 39.5 Å². The van der Waals surface area contributed by atoms with Crippen LogP contribution < -0.4 is 19.7 Å². The zero-order chi connectivity index (χ0) is 38.6. The van der Waals surface area contributed by atoms with Gasteiger partial charge in [0.15, 0.2) is 0 Å². The topological polar surface area (TPSA) is 147 Å². The number of rotatable bonds is 11. The smallest absolute Gasteiger partial charge is 0.310 e. The van der Waals surface area contributed by atoms with Gasteiger partial charge in [-0.2, -0.15) is 0 Å². The molecule has 1 fully saturated rings. The molecule has 2 aliphatic heterocycles. The van der Waals surface area contributed by atoms with Crippen LogP contribution in [0.3, 0.4) is 0 Å². The highest BCUT2D eigenvalue weighted by molar-refractivity contribution is 9.10. The molecule has 0 spiro atoms. The molecule has 0 bridgehead atoms. The molecule has 55 heavy (non-hydrogen) atoms. The number of nitrogens with one attached hydrogen (secondary N) is 2. The average Bonchev–Trinajstić information content (AvgIpc) is 3.53. The van der Waals surface area contributed by atoms with Gasteiger partial charge in [0.1, 0.15) is 41.8 Å². The summed E-state index contributed by atoms with van der Waals surface area (Å²) in [6.45, 7) is 0.862. The number of pyridine rings is 1. The second-order valence-corrected chi connectivity index (χ2v) is 14.9. The van der Waals surface area contributed by atoms with E-state index in [1.54, 1.807) is 61.7 Å². The number of nitrogens with zero attached hydrogens (tertiary/aromatic N) is 3. The second kappa shape index (κ2) is 16.5. The number of carbonyl (C=O) groups is 3. The van der Waals surface area contributed by atoms with Crippen LogP contribution in [0.4, 0.5) is 0 Å².